The summed E-state index contributed by atoms with van der Waals surface area (Å²) >= 11 is 0. The fourth-order valence-corrected chi connectivity index (χ4v) is 8.11. The largest absolute Gasteiger partial charge is 0.116 e. The van der Waals surface area contributed by atoms with Gasteiger partial charge in [0.2, 0.25) is 0 Å². The summed E-state index contributed by atoms with van der Waals surface area (Å²) in [5, 5.41) is 0. The lowest BCUT2D eigenvalue weighted by atomic mass is 9.63. The Morgan fingerprint density at radius 1 is 0.635 bits per heavy atom. The average Bonchev–Trinajstić information content (AvgIpc) is 3.52. The highest BCUT2D eigenvalue weighted by Gasteiger charge is 2.42. The van der Waals surface area contributed by atoms with Gasteiger partial charge in [0, 0.05) is 22.6 Å². The average molecular weight is 669 g/mol. The van der Waals surface area contributed by atoms with Crippen LogP contribution in [0.15, 0.2) is 156 Å². The first-order valence-electron chi connectivity index (χ1n) is 18.4. The van der Waals surface area contributed by atoms with E-state index in [1.807, 2.05) is 30.3 Å². The summed E-state index contributed by atoms with van der Waals surface area (Å²) in [6.45, 7) is 14.0. The normalized spacial score (nSPS) is 15.7. The van der Waals surface area contributed by atoms with Gasteiger partial charge in [0.25, 0.3) is 0 Å². The zero-order valence-electron chi connectivity index (χ0n) is 31.0. The minimum absolute atomic E-state index is 0.0454. The quantitative estimate of drug-likeness (QED) is 0.133. The highest BCUT2D eigenvalue weighted by molar-refractivity contribution is 6.13. The van der Waals surface area contributed by atoms with Crippen molar-refractivity contribution >= 4 is 34.9 Å². The first-order chi connectivity index (χ1) is 25.1. The van der Waals surface area contributed by atoms with Crippen molar-refractivity contribution in [2.75, 3.05) is 0 Å². The molecule has 1 atom stereocenters. The van der Waals surface area contributed by atoms with E-state index in [-0.39, 0.29) is 16.7 Å². The second-order valence-corrected chi connectivity index (χ2v) is 16.1. The summed E-state index contributed by atoms with van der Waals surface area (Å²) in [4.78, 5) is 0. The van der Waals surface area contributed by atoms with Crippen LogP contribution in [0, 0.1) is 22.7 Å². The SMILES string of the molecule is CC(C)(C)C(=C=Cc1ccc(C#Cc2ccccc2)cc1)c1ccc2c(c1)C1C(=C(C(C)(C)C)C3=Cc4ccccc4C3=C1c1ccccc1)C=C2. The third-order valence-corrected chi connectivity index (χ3v) is 10.4. The van der Waals surface area contributed by atoms with E-state index < -0.39 is 0 Å². The van der Waals surface area contributed by atoms with Gasteiger partial charge < -0.3 is 0 Å². The van der Waals surface area contributed by atoms with Crippen LogP contribution in [0.4, 0.5) is 0 Å². The minimum Gasteiger partial charge on any atom is -0.116 e. The molecule has 8 rings (SSSR count). The fraction of sp³-hybridized carbons (Fsp3) is 0.173. The van der Waals surface area contributed by atoms with Crippen LogP contribution in [-0.2, 0) is 0 Å². The van der Waals surface area contributed by atoms with Crippen molar-refractivity contribution < 1.29 is 0 Å². The van der Waals surface area contributed by atoms with Gasteiger partial charge in [0.1, 0.15) is 0 Å². The van der Waals surface area contributed by atoms with Gasteiger partial charge in [-0.05, 0) is 120 Å². The molecule has 0 fully saturated rings. The maximum atomic E-state index is 3.78. The van der Waals surface area contributed by atoms with E-state index in [1.54, 1.807) is 0 Å². The molecule has 0 aromatic heterocycles. The van der Waals surface area contributed by atoms with E-state index in [2.05, 4.69) is 180 Å². The van der Waals surface area contributed by atoms with Crippen molar-refractivity contribution in [1.29, 1.82) is 0 Å². The van der Waals surface area contributed by atoms with Crippen LogP contribution in [0.2, 0.25) is 0 Å². The van der Waals surface area contributed by atoms with Gasteiger partial charge in [-0.3, -0.25) is 0 Å². The van der Waals surface area contributed by atoms with Gasteiger partial charge in [-0.25, -0.2) is 0 Å². The highest BCUT2D eigenvalue weighted by Crippen LogP contribution is 2.60. The molecule has 0 spiro atoms. The Bertz CT molecular complexity index is 2460. The maximum Gasteiger partial charge on any atom is 0.0361 e. The molecule has 0 nitrogen and oxygen atoms in total. The summed E-state index contributed by atoms with van der Waals surface area (Å²) in [5.41, 5.74) is 22.7. The Hall–Kier alpha value is -5.86. The van der Waals surface area contributed by atoms with Crippen molar-refractivity contribution in [1.82, 2.24) is 0 Å². The molecule has 0 radical (unpaired) electrons. The smallest absolute Gasteiger partial charge is 0.0361 e. The first kappa shape index (κ1) is 33.3. The van der Waals surface area contributed by atoms with Crippen molar-refractivity contribution in [2.24, 2.45) is 10.8 Å². The van der Waals surface area contributed by atoms with Gasteiger partial charge in [0.15, 0.2) is 0 Å². The second-order valence-electron chi connectivity index (χ2n) is 16.1. The molecule has 252 valence electrons. The van der Waals surface area contributed by atoms with Crippen LogP contribution < -0.4 is 0 Å². The predicted molar refractivity (Wildman–Crippen MR) is 222 cm³/mol. The summed E-state index contributed by atoms with van der Waals surface area (Å²) in [6, 6.07) is 45.7. The van der Waals surface area contributed by atoms with E-state index in [0.29, 0.717) is 0 Å². The molecule has 0 heterocycles. The number of hydrogen-bond acceptors (Lipinski definition) is 0. The third kappa shape index (κ3) is 6.20. The van der Waals surface area contributed by atoms with E-state index in [0.717, 1.165) is 16.7 Å². The Labute approximate surface area is 310 Å². The third-order valence-electron chi connectivity index (χ3n) is 10.4. The Kier molecular flexibility index (Phi) is 8.35. The van der Waals surface area contributed by atoms with Crippen molar-refractivity contribution in [3.63, 3.8) is 0 Å². The fourth-order valence-electron chi connectivity index (χ4n) is 8.11. The van der Waals surface area contributed by atoms with E-state index in [9.17, 15) is 0 Å². The molecule has 0 bridgehead atoms. The van der Waals surface area contributed by atoms with Crippen molar-refractivity contribution in [2.45, 2.75) is 47.5 Å². The molecule has 0 saturated carbocycles. The summed E-state index contributed by atoms with van der Waals surface area (Å²) in [5.74, 6) is 6.66. The van der Waals surface area contributed by atoms with E-state index in [4.69, 9.17) is 0 Å². The van der Waals surface area contributed by atoms with Crippen molar-refractivity contribution in [3.05, 3.63) is 206 Å². The van der Waals surface area contributed by atoms with E-state index >= 15 is 0 Å². The highest BCUT2D eigenvalue weighted by atomic mass is 14.4. The lowest BCUT2D eigenvalue weighted by Gasteiger charge is -2.40. The standard InChI is InChI=1S/C52H44/c1-51(2,3)46(32-27-37-25-23-36(24-26-37)22-21-35-15-9-7-10-16-35)41-29-28-38-30-31-43-49(44(38)34-41)47(39-17-11-8-12-18-39)48-42-20-14-13-19-40(42)33-45(48)50(43)52(4,5)6/h7-20,23-31,33-34,49H,1-6H3. The van der Waals surface area contributed by atoms with Crippen LogP contribution in [0.5, 0.6) is 0 Å². The van der Waals surface area contributed by atoms with Crippen LogP contribution in [0.1, 0.15) is 97.5 Å². The molecule has 52 heavy (non-hydrogen) atoms. The molecular weight excluding hydrogens is 625 g/mol. The maximum absolute atomic E-state index is 3.78. The summed E-state index contributed by atoms with van der Waals surface area (Å²) < 4.78 is 0. The first-order valence-corrected chi connectivity index (χ1v) is 18.4. The molecule has 0 amide bonds. The second kappa shape index (κ2) is 13.0. The Morgan fingerprint density at radius 3 is 1.98 bits per heavy atom. The predicted octanol–water partition coefficient (Wildman–Crippen LogP) is 13.3. The van der Waals surface area contributed by atoms with E-state index in [1.165, 1.54) is 66.8 Å². The van der Waals surface area contributed by atoms with Crippen LogP contribution >= 0.6 is 0 Å². The number of fused-ring (bicyclic) bond motifs is 6. The molecule has 3 aliphatic rings. The van der Waals surface area contributed by atoms with Crippen LogP contribution in [0.3, 0.4) is 0 Å². The van der Waals surface area contributed by atoms with Crippen LogP contribution in [0.25, 0.3) is 34.9 Å². The molecule has 1 unspecified atom stereocenters. The molecule has 3 aliphatic carbocycles. The van der Waals surface area contributed by atoms with Gasteiger partial charge in [-0.15, -0.1) is 5.73 Å². The monoisotopic (exact) mass is 668 g/mol. The van der Waals surface area contributed by atoms with Gasteiger partial charge in [-0.1, -0.05) is 163 Å². The Balaban J connectivity index is 1.27. The minimum atomic E-state index is -0.126. The van der Waals surface area contributed by atoms with Gasteiger partial charge in [-0.2, -0.15) is 0 Å². The zero-order chi connectivity index (χ0) is 36.0. The number of hydrogen-bond donors (Lipinski definition) is 0. The zero-order valence-corrected chi connectivity index (χ0v) is 31.0. The molecular formula is C52H44. The molecule has 5 aromatic rings. The topological polar surface area (TPSA) is 0 Å². The molecule has 0 N–H and O–H groups in total. The van der Waals surface area contributed by atoms with Gasteiger partial charge in [0.05, 0.1) is 0 Å². The van der Waals surface area contributed by atoms with Crippen LogP contribution in [-0.4, -0.2) is 0 Å². The number of rotatable bonds is 3. The molecule has 0 aliphatic heterocycles. The lowest BCUT2D eigenvalue weighted by Crippen LogP contribution is -2.24. The molecule has 0 saturated heterocycles. The Morgan fingerprint density at radius 2 is 1.29 bits per heavy atom. The van der Waals surface area contributed by atoms with Crippen molar-refractivity contribution in [3.8, 4) is 11.8 Å². The summed E-state index contributed by atoms with van der Waals surface area (Å²) in [7, 11) is 0. The van der Waals surface area contributed by atoms with Gasteiger partial charge >= 0.3 is 0 Å². The number of allylic oxidation sites excluding steroid dienone is 7. The molecule has 0 heteroatoms. The summed E-state index contributed by atoms with van der Waals surface area (Å²) in [6.07, 6.45) is 9.31. The molecule has 5 aromatic carbocycles. The lowest BCUT2D eigenvalue weighted by molar-refractivity contribution is 0.506. The number of benzene rings is 5.